The zero-order valence-electron chi connectivity index (χ0n) is 23.6. The smallest absolute Gasteiger partial charge is 0.408 e. The molecular weight excluding hydrogens is 496 g/mol. The molecule has 2 aliphatic rings. The maximum atomic E-state index is 14.0. The van der Waals surface area contributed by atoms with Crippen molar-refractivity contribution in [2.45, 2.75) is 58.1 Å². The van der Waals surface area contributed by atoms with Crippen molar-refractivity contribution in [2.24, 2.45) is 23.7 Å². The van der Waals surface area contributed by atoms with Gasteiger partial charge in [0.05, 0.1) is 0 Å². The van der Waals surface area contributed by atoms with Gasteiger partial charge >= 0.3 is 6.09 Å². The van der Waals surface area contributed by atoms with Crippen LogP contribution in [0.1, 0.15) is 49.3 Å². The van der Waals surface area contributed by atoms with E-state index in [4.69, 9.17) is 4.74 Å². The van der Waals surface area contributed by atoms with Crippen LogP contribution in [0.25, 0.3) is 0 Å². The number of rotatable bonds is 9. The minimum absolute atomic E-state index is 0.00519. The maximum Gasteiger partial charge on any atom is 0.408 e. The Morgan fingerprint density at radius 2 is 1.38 bits per heavy atom. The minimum atomic E-state index is -0.655. The van der Waals surface area contributed by atoms with Crippen molar-refractivity contribution < 1.29 is 14.3 Å². The first kappa shape index (κ1) is 27.9. The third-order valence-electron chi connectivity index (χ3n) is 8.81. The van der Waals surface area contributed by atoms with Crippen molar-refractivity contribution in [3.8, 4) is 0 Å². The van der Waals surface area contributed by atoms with Gasteiger partial charge in [-0.15, -0.1) is 0 Å². The first-order valence-electron chi connectivity index (χ1n) is 14.9. The van der Waals surface area contributed by atoms with Crippen molar-refractivity contribution in [1.82, 2.24) is 10.2 Å². The van der Waals surface area contributed by atoms with Gasteiger partial charge in [0.15, 0.2) is 0 Å². The maximum absolute atomic E-state index is 14.0. The van der Waals surface area contributed by atoms with Crippen LogP contribution in [0.4, 0.5) is 4.79 Å². The van der Waals surface area contributed by atoms with Crippen LogP contribution in [0.15, 0.2) is 91.0 Å². The second-order valence-electron chi connectivity index (χ2n) is 11.9. The molecule has 5 atom stereocenters. The molecular formula is C35H42N2O3. The van der Waals surface area contributed by atoms with Crippen LogP contribution in [0.3, 0.4) is 0 Å². The predicted molar refractivity (Wildman–Crippen MR) is 159 cm³/mol. The molecule has 2 bridgehead atoms. The largest absolute Gasteiger partial charge is 0.445 e. The van der Waals surface area contributed by atoms with Gasteiger partial charge in [0.1, 0.15) is 12.6 Å². The highest BCUT2D eigenvalue weighted by molar-refractivity contribution is 5.86. The van der Waals surface area contributed by atoms with Crippen LogP contribution in [0.2, 0.25) is 0 Å². The number of hydrogen-bond acceptors (Lipinski definition) is 3. The summed E-state index contributed by atoms with van der Waals surface area (Å²) in [5.74, 6) is 2.36. The number of hydrogen-bond donors (Lipinski definition) is 1. The number of piperidine rings is 1. The number of fused-ring (bicyclic) bond motifs is 2. The first-order valence-corrected chi connectivity index (χ1v) is 14.9. The van der Waals surface area contributed by atoms with Crippen LogP contribution in [-0.4, -0.2) is 36.0 Å². The van der Waals surface area contributed by atoms with E-state index < -0.39 is 12.1 Å². The molecule has 1 aliphatic heterocycles. The zero-order valence-corrected chi connectivity index (χ0v) is 23.6. The summed E-state index contributed by atoms with van der Waals surface area (Å²) in [5.41, 5.74) is 3.35. The lowest BCUT2D eigenvalue weighted by molar-refractivity contribution is -0.136. The fourth-order valence-corrected chi connectivity index (χ4v) is 6.79. The molecule has 210 valence electrons. The molecule has 3 aromatic carbocycles. The summed E-state index contributed by atoms with van der Waals surface area (Å²) in [6.07, 6.45) is 5.74. The summed E-state index contributed by atoms with van der Waals surface area (Å²) < 4.78 is 5.50. The number of benzene rings is 3. The molecule has 5 nitrogen and oxygen atoms in total. The Morgan fingerprint density at radius 1 is 0.800 bits per heavy atom. The molecule has 0 spiro atoms. The predicted octanol–water partition coefficient (Wildman–Crippen LogP) is 6.67. The molecule has 1 saturated carbocycles. The topological polar surface area (TPSA) is 58.6 Å². The Kier molecular flexibility index (Phi) is 9.54. The summed E-state index contributed by atoms with van der Waals surface area (Å²) >= 11 is 0. The van der Waals surface area contributed by atoms with Crippen molar-refractivity contribution >= 4 is 12.0 Å². The fraction of sp³-hybridized carbons (Fsp3) is 0.429. The van der Waals surface area contributed by atoms with E-state index in [2.05, 4.69) is 42.6 Å². The lowest BCUT2D eigenvalue weighted by atomic mass is 9.82. The lowest BCUT2D eigenvalue weighted by Gasteiger charge is -2.38. The molecule has 5 heteroatoms. The van der Waals surface area contributed by atoms with Gasteiger partial charge in [-0.25, -0.2) is 4.79 Å². The van der Waals surface area contributed by atoms with E-state index in [9.17, 15) is 9.59 Å². The van der Waals surface area contributed by atoms with Crippen molar-refractivity contribution in [1.29, 1.82) is 0 Å². The Hall–Kier alpha value is -3.60. The van der Waals surface area contributed by atoms with Gasteiger partial charge in [0, 0.05) is 19.5 Å². The summed E-state index contributed by atoms with van der Waals surface area (Å²) in [6, 6.07) is 29.6. The second-order valence-corrected chi connectivity index (χ2v) is 11.9. The Labute approximate surface area is 238 Å². The van der Waals surface area contributed by atoms with E-state index in [-0.39, 0.29) is 12.5 Å². The first-order chi connectivity index (χ1) is 19.5. The molecule has 1 saturated heterocycles. The van der Waals surface area contributed by atoms with Crippen molar-refractivity contribution in [2.75, 3.05) is 13.1 Å². The van der Waals surface area contributed by atoms with Gasteiger partial charge < -0.3 is 15.0 Å². The molecule has 2 fully saturated rings. The monoisotopic (exact) mass is 538 g/mol. The van der Waals surface area contributed by atoms with Crippen LogP contribution < -0.4 is 5.32 Å². The summed E-state index contributed by atoms with van der Waals surface area (Å²) in [5, 5.41) is 2.92. The van der Waals surface area contributed by atoms with E-state index >= 15 is 0 Å². The average Bonchev–Trinajstić information content (AvgIpc) is 3.09. The van der Waals surface area contributed by atoms with Crippen LogP contribution in [0, 0.1) is 23.7 Å². The van der Waals surface area contributed by atoms with Gasteiger partial charge in [-0.05, 0) is 72.5 Å². The van der Waals surface area contributed by atoms with Crippen molar-refractivity contribution in [3.05, 3.63) is 108 Å². The second kappa shape index (κ2) is 13.6. The standard InChI is InChI=1S/C35H42N2O3/c1-26-19-30-20-31(21-32(26)18-17-27-11-5-2-6-12-27)24-37(23-30)34(38)33(22-28-13-7-3-8-14-28)36-35(39)40-25-29-15-9-4-10-16-29/h2-16,26,30-33H,17-25H2,1H3,(H,36,39). The summed E-state index contributed by atoms with van der Waals surface area (Å²) in [4.78, 5) is 28.8. The zero-order chi connectivity index (χ0) is 27.7. The lowest BCUT2D eigenvalue weighted by Crippen LogP contribution is -2.53. The molecule has 2 amide bonds. The molecule has 0 aromatic heterocycles. The molecule has 5 rings (SSSR count). The molecule has 40 heavy (non-hydrogen) atoms. The number of nitrogens with zero attached hydrogens (tertiary/aromatic N) is 1. The number of carbonyl (C=O) groups excluding carboxylic acids is 2. The number of amides is 2. The highest BCUT2D eigenvalue weighted by Gasteiger charge is 2.38. The van der Waals surface area contributed by atoms with E-state index in [1.54, 1.807) is 0 Å². The molecule has 3 aromatic rings. The summed E-state index contributed by atoms with van der Waals surface area (Å²) in [7, 11) is 0. The normalized spacial score (nSPS) is 23.1. The summed E-state index contributed by atoms with van der Waals surface area (Å²) in [6.45, 7) is 4.13. The Bertz CT molecular complexity index is 1220. The molecule has 1 N–H and O–H groups in total. The number of alkyl carbamates (subject to hydrolysis) is 1. The number of likely N-dealkylation sites (tertiary alicyclic amines) is 1. The third-order valence-corrected chi connectivity index (χ3v) is 8.81. The molecule has 0 radical (unpaired) electrons. The number of nitrogens with one attached hydrogen (secondary N) is 1. The van der Waals surface area contributed by atoms with E-state index in [1.807, 2.05) is 65.6 Å². The highest BCUT2D eigenvalue weighted by Crippen LogP contribution is 2.41. The molecule has 1 aliphatic carbocycles. The highest BCUT2D eigenvalue weighted by atomic mass is 16.5. The number of ether oxygens (including phenoxy) is 1. The quantitative estimate of drug-likeness (QED) is 0.331. The molecule has 5 unspecified atom stereocenters. The number of aryl methyl sites for hydroxylation is 1. The SMILES string of the molecule is CC1CC2CC(CC1CCc1ccccc1)CN(C(=O)C(Cc1ccccc1)NC(=O)OCc1ccccc1)C2. The Morgan fingerprint density at radius 3 is 2.02 bits per heavy atom. The van der Waals surface area contributed by atoms with E-state index in [0.717, 1.165) is 37.1 Å². The van der Waals surface area contributed by atoms with Crippen LogP contribution in [-0.2, 0) is 29.0 Å². The average molecular weight is 539 g/mol. The van der Waals surface area contributed by atoms with E-state index in [1.165, 1.54) is 24.8 Å². The van der Waals surface area contributed by atoms with Crippen LogP contribution >= 0.6 is 0 Å². The fourth-order valence-electron chi connectivity index (χ4n) is 6.79. The molecule has 1 heterocycles. The van der Waals surface area contributed by atoms with E-state index in [0.29, 0.717) is 30.1 Å². The Balaban J connectivity index is 1.23. The van der Waals surface area contributed by atoms with Gasteiger partial charge in [-0.2, -0.15) is 0 Å². The van der Waals surface area contributed by atoms with Gasteiger partial charge in [0.25, 0.3) is 0 Å². The van der Waals surface area contributed by atoms with Gasteiger partial charge in [-0.1, -0.05) is 97.9 Å². The third kappa shape index (κ3) is 7.74. The minimum Gasteiger partial charge on any atom is -0.445 e. The number of carbonyl (C=O) groups is 2. The van der Waals surface area contributed by atoms with Gasteiger partial charge in [0.2, 0.25) is 5.91 Å². The van der Waals surface area contributed by atoms with Gasteiger partial charge in [-0.3, -0.25) is 4.79 Å². The van der Waals surface area contributed by atoms with Crippen molar-refractivity contribution in [3.63, 3.8) is 0 Å². The van der Waals surface area contributed by atoms with Crippen LogP contribution in [0.5, 0.6) is 0 Å².